The predicted molar refractivity (Wildman–Crippen MR) is 91.2 cm³/mol. The van der Waals surface area contributed by atoms with Crippen LogP contribution < -0.4 is 0 Å². The third kappa shape index (κ3) is 3.49. The van der Waals surface area contributed by atoms with Crippen molar-refractivity contribution < 1.29 is 9.90 Å². The van der Waals surface area contributed by atoms with Crippen molar-refractivity contribution in [3.05, 3.63) is 52.8 Å². The summed E-state index contributed by atoms with van der Waals surface area (Å²) in [4.78, 5) is 14.2. The number of allylic oxidation sites excluding steroid dienone is 1. The number of amides is 1. The second kappa shape index (κ2) is 6.75. The van der Waals surface area contributed by atoms with Crippen LogP contribution in [0.15, 0.2) is 36.5 Å². The molecule has 2 N–H and O–H groups in total. The van der Waals surface area contributed by atoms with E-state index in [2.05, 4.69) is 15.4 Å². The Labute approximate surface area is 145 Å². The van der Waals surface area contributed by atoms with Gasteiger partial charge in [-0.15, -0.1) is 0 Å². The molecule has 24 heavy (non-hydrogen) atoms. The molecule has 3 rings (SSSR count). The van der Waals surface area contributed by atoms with Crippen LogP contribution in [0.3, 0.4) is 0 Å². The van der Waals surface area contributed by atoms with E-state index in [1.54, 1.807) is 17.0 Å². The summed E-state index contributed by atoms with van der Waals surface area (Å²) in [5.41, 5.74) is 1.05. The fraction of sp³-hybridized carbons (Fsp3) is 0.353. The Morgan fingerprint density at radius 1 is 1.50 bits per heavy atom. The number of nitrogens with zero attached hydrogens (tertiary/aromatic N) is 3. The molecule has 7 heteroatoms. The number of carbonyl (C=O) groups excluding carboxylic acids is 1. The Kier molecular flexibility index (Phi) is 4.69. The smallest absolute Gasteiger partial charge is 0.246 e. The van der Waals surface area contributed by atoms with Gasteiger partial charge >= 0.3 is 0 Å². The zero-order valence-corrected chi connectivity index (χ0v) is 14.1. The summed E-state index contributed by atoms with van der Waals surface area (Å²) in [6.45, 7) is 2.69. The molecule has 2 heterocycles. The number of carbonyl (C=O) groups is 1. The van der Waals surface area contributed by atoms with Crippen molar-refractivity contribution in [1.29, 1.82) is 0 Å². The number of aromatic nitrogens is 3. The summed E-state index contributed by atoms with van der Waals surface area (Å²) in [7, 11) is 0. The van der Waals surface area contributed by atoms with E-state index in [4.69, 9.17) is 11.6 Å². The molecule has 1 aromatic heterocycles. The summed E-state index contributed by atoms with van der Waals surface area (Å²) >= 11 is 6.00. The van der Waals surface area contributed by atoms with Gasteiger partial charge in [-0.25, -0.2) is 0 Å². The van der Waals surface area contributed by atoms with E-state index in [1.807, 2.05) is 25.1 Å². The number of hydrogen-bond acceptors (Lipinski definition) is 4. The molecular formula is C17H19ClN4O2. The van der Waals surface area contributed by atoms with Crippen LogP contribution in [0.2, 0.25) is 5.02 Å². The van der Waals surface area contributed by atoms with Crippen molar-refractivity contribution in [3.63, 3.8) is 0 Å². The standard InChI is InChI=1S/C17H19ClN4O2/c1-12(13-4-2-5-14(18)9-13)8-16(23)22-7-3-6-17(24,11-22)15-10-19-21-20-15/h2,4-5,8-10,24H,3,6-7,11H2,1H3,(H,19,20,21)/b12-8+. The van der Waals surface area contributed by atoms with Crippen molar-refractivity contribution >= 4 is 23.1 Å². The van der Waals surface area contributed by atoms with Gasteiger partial charge in [-0.2, -0.15) is 15.4 Å². The number of aromatic amines is 1. The molecule has 1 aromatic carbocycles. The van der Waals surface area contributed by atoms with Crippen LogP contribution in [0.5, 0.6) is 0 Å². The maximum atomic E-state index is 12.6. The molecule has 0 radical (unpaired) electrons. The average Bonchev–Trinajstić information content (AvgIpc) is 3.10. The highest BCUT2D eigenvalue weighted by Gasteiger charge is 2.38. The van der Waals surface area contributed by atoms with E-state index in [9.17, 15) is 9.90 Å². The zero-order valence-electron chi connectivity index (χ0n) is 13.4. The third-order valence-electron chi connectivity index (χ3n) is 4.29. The van der Waals surface area contributed by atoms with Crippen molar-refractivity contribution in [2.24, 2.45) is 0 Å². The van der Waals surface area contributed by atoms with Crippen LogP contribution in [0.4, 0.5) is 0 Å². The SMILES string of the molecule is C/C(=C\C(=O)N1CCCC(O)(c2cn[nH]n2)C1)c1cccc(Cl)c1. The van der Waals surface area contributed by atoms with Gasteiger partial charge in [0.25, 0.3) is 0 Å². The fourth-order valence-electron chi connectivity index (χ4n) is 2.95. The molecule has 6 nitrogen and oxygen atoms in total. The first kappa shape index (κ1) is 16.7. The molecule has 0 aliphatic carbocycles. The number of β-amino-alcohol motifs (C(OH)–C–C–N with tert-alkyl or cyclic N) is 1. The molecule has 1 fully saturated rings. The Bertz CT molecular complexity index is 760. The van der Waals surface area contributed by atoms with Gasteiger partial charge in [-0.05, 0) is 43.0 Å². The minimum Gasteiger partial charge on any atom is -0.382 e. The molecular weight excluding hydrogens is 328 g/mol. The minimum atomic E-state index is -1.15. The van der Waals surface area contributed by atoms with Crippen LogP contribution in [0.1, 0.15) is 31.0 Å². The summed E-state index contributed by atoms with van der Waals surface area (Å²) in [5.74, 6) is -0.130. The third-order valence-corrected chi connectivity index (χ3v) is 4.53. The monoisotopic (exact) mass is 346 g/mol. The number of nitrogens with one attached hydrogen (secondary N) is 1. The Morgan fingerprint density at radius 2 is 2.33 bits per heavy atom. The first-order valence-electron chi connectivity index (χ1n) is 7.80. The quantitative estimate of drug-likeness (QED) is 0.836. The summed E-state index contributed by atoms with van der Waals surface area (Å²) in [6.07, 6.45) is 4.35. The highest BCUT2D eigenvalue weighted by Crippen LogP contribution is 2.30. The molecule has 2 aromatic rings. The lowest BCUT2D eigenvalue weighted by Gasteiger charge is -2.37. The van der Waals surface area contributed by atoms with Gasteiger partial charge in [0.15, 0.2) is 0 Å². The molecule has 0 saturated carbocycles. The minimum absolute atomic E-state index is 0.130. The van der Waals surface area contributed by atoms with E-state index in [0.29, 0.717) is 30.1 Å². The Balaban J connectivity index is 1.76. The van der Waals surface area contributed by atoms with Crippen molar-refractivity contribution in [2.45, 2.75) is 25.4 Å². The maximum absolute atomic E-state index is 12.6. The summed E-state index contributed by atoms with van der Waals surface area (Å²) in [6, 6.07) is 7.38. The lowest BCUT2D eigenvalue weighted by molar-refractivity contribution is -0.133. The van der Waals surface area contributed by atoms with E-state index in [1.165, 1.54) is 6.20 Å². The van der Waals surface area contributed by atoms with Gasteiger partial charge in [0, 0.05) is 17.6 Å². The molecule has 126 valence electrons. The number of aliphatic hydroxyl groups is 1. The second-order valence-electron chi connectivity index (χ2n) is 6.09. The van der Waals surface area contributed by atoms with Crippen LogP contribution in [-0.4, -0.2) is 44.4 Å². The number of likely N-dealkylation sites (tertiary alicyclic amines) is 1. The van der Waals surface area contributed by atoms with E-state index < -0.39 is 5.60 Å². The Morgan fingerprint density at radius 3 is 3.04 bits per heavy atom. The van der Waals surface area contributed by atoms with Crippen LogP contribution in [0, 0.1) is 0 Å². The molecule has 0 bridgehead atoms. The van der Waals surface area contributed by atoms with Crippen LogP contribution >= 0.6 is 11.6 Å². The number of rotatable bonds is 3. The van der Waals surface area contributed by atoms with E-state index in [-0.39, 0.29) is 12.5 Å². The van der Waals surface area contributed by atoms with Crippen molar-refractivity contribution in [1.82, 2.24) is 20.3 Å². The van der Waals surface area contributed by atoms with Gasteiger partial charge < -0.3 is 10.0 Å². The van der Waals surface area contributed by atoms with E-state index >= 15 is 0 Å². The number of halogens is 1. The van der Waals surface area contributed by atoms with Crippen LogP contribution in [0.25, 0.3) is 5.57 Å². The lowest BCUT2D eigenvalue weighted by atomic mass is 9.90. The topological polar surface area (TPSA) is 82.1 Å². The molecule has 0 spiro atoms. The van der Waals surface area contributed by atoms with Crippen LogP contribution in [-0.2, 0) is 10.4 Å². The maximum Gasteiger partial charge on any atom is 0.246 e. The lowest BCUT2D eigenvalue weighted by Crippen LogP contribution is -2.48. The molecule has 1 unspecified atom stereocenters. The molecule has 1 aliphatic rings. The van der Waals surface area contributed by atoms with Gasteiger partial charge in [0.1, 0.15) is 11.3 Å². The first-order valence-corrected chi connectivity index (χ1v) is 8.17. The van der Waals surface area contributed by atoms with Crippen molar-refractivity contribution in [2.75, 3.05) is 13.1 Å². The van der Waals surface area contributed by atoms with Gasteiger partial charge in [-0.3, -0.25) is 4.79 Å². The molecule has 1 aliphatic heterocycles. The zero-order chi connectivity index (χ0) is 17.2. The van der Waals surface area contributed by atoms with Gasteiger partial charge in [-0.1, -0.05) is 23.7 Å². The predicted octanol–water partition coefficient (Wildman–Crippen LogP) is 2.37. The van der Waals surface area contributed by atoms with Gasteiger partial charge in [0.05, 0.1) is 12.7 Å². The van der Waals surface area contributed by atoms with Crippen molar-refractivity contribution in [3.8, 4) is 0 Å². The number of benzene rings is 1. The Hall–Kier alpha value is -2.18. The highest BCUT2D eigenvalue weighted by molar-refractivity contribution is 6.30. The molecule has 1 saturated heterocycles. The average molecular weight is 347 g/mol. The number of piperidine rings is 1. The molecule has 1 atom stereocenters. The van der Waals surface area contributed by atoms with E-state index in [0.717, 1.165) is 11.1 Å². The largest absolute Gasteiger partial charge is 0.382 e. The fourth-order valence-corrected chi connectivity index (χ4v) is 3.14. The molecule has 1 amide bonds. The summed E-state index contributed by atoms with van der Waals surface area (Å²) in [5, 5.41) is 21.6. The summed E-state index contributed by atoms with van der Waals surface area (Å²) < 4.78 is 0. The normalized spacial score (nSPS) is 21.8. The number of hydrogen-bond donors (Lipinski definition) is 2. The second-order valence-corrected chi connectivity index (χ2v) is 6.52. The number of H-pyrrole nitrogens is 1. The first-order chi connectivity index (χ1) is 11.5. The highest BCUT2D eigenvalue weighted by atomic mass is 35.5. The van der Waals surface area contributed by atoms with Gasteiger partial charge in [0.2, 0.25) is 5.91 Å².